The van der Waals surface area contributed by atoms with Crippen molar-refractivity contribution < 1.29 is 39.4 Å². The molecule has 0 bridgehead atoms. The number of ether oxygens (including phenoxy) is 4. The Morgan fingerprint density at radius 3 is 1.87 bits per heavy atom. The molecule has 2 aromatic carbocycles. The summed E-state index contributed by atoms with van der Waals surface area (Å²) in [5.41, 5.74) is 2.01. The smallest absolute Gasteiger partial charge is 0.203 e. The highest BCUT2D eigenvalue weighted by Crippen LogP contribution is 2.54. The second-order valence-corrected chi connectivity index (χ2v) is 7.28. The van der Waals surface area contributed by atoms with E-state index >= 15 is 0 Å². The molecule has 0 amide bonds. The molecule has 0 spiro atoms. The maximum Gasteiger partial charge on any atom is 0.203 e. The molecule has 3 rings (SSSR count). The number of hydrogen-bond donors (Lipinski definition) is 4. The van der Waals surface area contributed by atoms with E-state index < -0.39 is 11.8 Å². The number of aliphatic hydroxyl groups is 2. The molecular weight excluding hydrogens is 392 g/mol. The van der Waals surface area contributed by atoms with E-state index in [9.17, 15) is 20.4 Å². The molecule has 1 aliphatic carbocycles. The van der Waals surface area contributed by atoms with Gasteiger partial charge in [-0.05, 0) is 47.6 Å². The van der Waals surface area contributed by atoms with Gasteiger partial charge in [0.25, 0.3) is 0 Å². The van der Waals surface area contributed by atoms with Crippen molar-refractivity contribution in [3.8, 4) is 34.5 Å². The number of phenolic OH excluding ortho intramolecular Hbond substituents is 2. The largest absolute Gasteiger partial charge is 0.504 e. The minimum absolute atomic E-state index is 0.0855. The van der Waals surface area contributed by atoms with Crippen LogP contribution in [0.1, 0.15) is 22.6 Å². The van der Waals surface area contributed by atoms with Crippen molar-refractivity contribution in [3.05, 3.63) is 34.9 Å². The van der Waals surface area contributed by atoms with Crippen molar-refractivity contribution in [2.24, 2.45) is 11.8 Å². The number of rotatable bonds is 7. The molecule has 30 heavy (non-hydrogen) atoms. The van der Waals surface area contributed by atoms with Crippen LogP contribution < -0.4 is 18.9 Å². The molecular formula is C22H28O8. The lowest BCUT2D eigenvalue weighted by Gasteiger charge is -2.39. The lowest BCUT2D eigenvalue weighted by Crippen LogP contribution is -2.35. The van der Waals surface area contributed by atoms with Gasteiger partial charge in [0, 0.05) is 24.7 Å². The standard InChI is InChI=1S/C22H28O8/c1-27-15-6-12(7-16(28-2)20(15)25)18-14(10-24)13(9-23)5-11-8-17(29-3)22(30-4)21(26)19(11)18/h6-8,13-14,18,23-26H,5,9-10H2,1-4H3/t13-,14-,18+/m0/s1. The monoisotopic (exact) mass is 420 g/mol. The van der Waals surface area contributed by atoms with Gasteiger partial charge in [-0.15, -0.1) is 0 Å². The van der Waals surface area contributed by atoms with Gasteiger partial charge in [-0.1, -0.05) is 0 Å². The molecule has 0 saturated carbocycles. The van der Waals surface area contributed by atoms with Gasteiger partial charge in [0.05, 0.1) is 28.4 Å². The number of aromatic hydroxyl groups is 2. The molecule has 2 aromatic rings. The van der Waals surface area contributed by atoms with Crippen LogP contribution >= 0.6 is 0 Å². The number of hydrogen-bond acceptors (Lipinski definition) is 8. The van der Waals surface area contributed by atoms with E-state index in [0.29, 0.717) is 23.3 Å². The predicted octanol–water partition coefficient (Wildman–Crippen LogP) is 2.04. The quantitative estimate of drug-likeness (QED) is 0.538. The van der Waals surface area contributed by atoms with Crippen LogP contribution in [0.4, 0.5) is 0 Å². The van der Waals surface area contributed by atoms with E-state index in [4.69, 9.17) is 18.9 Å². The average Bonchev–Trinajstić information content (AvgIpc) is 2.77. The molecule has 0 radical (unpaired) electrons. The Bertz CT molecular complexity index is 885. The lowest BCUT2D eigenvalue weighted by molar-refractivity contribution is 0.1000. The minimum atomic E-state index is -0.515. The minimum Gasteiger partial charge on any atom is -0.504 e. The second-order valence-electron chi connectivity index (χ2n) is 7.28. The van der Waals surface area contributed by atoms with Gasteiger partial charge >= 0.3 is 0 Å². The zero-order chi connectivity index (χ0) is 22.0. The van der Waals surface area contributed by atoms with Crippen LogP contribution in [-0.2, 0) is 6.42 Å². The molecule has 8 nitrogen and oxygen atoms in total. The first kappa shape index (κ1) is 21.9. The van der Waals surface area contributed by atoms with Gasteiger partial charge in [0.1, 0.15) is 0 Å². The summed E-state index contributed by atoms with van der Waals surface area (Å²) >= 11 is 0. The normalized spacial score (nSPS) is 20.4. The average molecular weight is 420 g/mol. The molecule has 4 N–H and O–H groups in total. The van der Waals surface area contributed by atoms with Crippen molar-refractivity contribution in [3.63, 3.8) is 0 Å². The van der Waals surface area contributed by atoms with Crippen molar-refractivity contribution in [2.45, 2.75) is 12.3 Å². The van der Waals surface area contributed by atoms with E-state index in [0.717, 1.165) is 5.56 Å². The SMILES string of the molecule is COc1cc([C@H]2c3c(cc(OC)c(OC)c3O)C[C@@H](CO)[C@@H]2CO)cc(OC)c1O. The zero-order valence-corrected chi connectivity index (χ0v) is 17.5. The van der Waals surface area contributed by atoms with Gasteiger partial charge in [-0.3, -0.25) is 0 Å². The van der Waals surface area contributed by atoms with Crippen LogP contribution in [0, 0.1) is 11.8 Å². The molecule has 8 heteroatoms. The highest BCUT2D eigenvalue weighted by molar-refractivity contribution is 5.63. The van der Waals surface area contributed by atoms with Crippen molar-refractivity contribution in [2.75, 3.05) is 41.7 Å². The van der Waals surface area contributed by atoms with E-state index in [1.165, 1.54) is 28.4 Å². The Morgan fingerprint density at radius 1 is 0.800 bits per heavy atom. The van der Waals surface area contributed by atoms with Gasteiger partial charge in [0.15, 0.2) is 23.0 Å². The van der Waals surface area contributed by atoms with Crippen LogP contribution in [0.25, 0.3) is 0 Å². The van der Waals surface area contributed by atoms with Gasteiger partial charge in [0.2, 0.25) is 11.5 Å². The van der Waals surface area contributed by atoms with E-state index in [2.05, 4.69) is 0 Å². The summed E-state index contributed by atoms with van der Waals surface area (Å²) in [7, 11) is 5.78. The molecule has 0 aliphatic heterocycles. The van der Waals surface area contributed by atoms with Crippen LogP contribution in [0.15, 0.2) is 18.2 Å². The Hall–Kier alpha value is -2.84. The fourth-order valence-corrected chi connectivity index (χ4v) is 4.44. The summed E-state index contributed by atoms with van der Waals surface area (Å²) in [5.74, 6) is -0.415. The maximum absolute atomic E-state index is 11.1. The van der Waals surface area contributed by atoms with Crippen molar-refractivity contribution in [1.82, 2.24) is 0 Å². The van der Waals surface area contributed by atoms with E-state index in [1.54, 1.807) is 18.2 Å². The molecule has 164 valence electrons. The third-order valence-corrected chi connectivity index (χ3v) is 5.90. The molecule has 3 atom stereocenters. The van der Waals surface area contributed by atoms with Crippen molar-refractivity contribution >= 4 is 0 Å². The molecule has 0 heterocycles. The number of phenols is 2. The number of benzene rings is 2. The highest BCUT2D eigenvalue weighted by atomic mass is 16.5. The van der Waals surface area contributed by atoms with Crippen molar-refractivity contribution in [1.29, 1.82) is 0 Å². The summed E-state index contributed by atoms with van der Waals surface area (Å²) in [6.45, 7) is -0.350. The van der Waals surface area contributed by atoms with Crippen LogP contribution in [0.2, 0.25) is 0 Å². The lowest BCUT2D eigenvalue weighted by atomic mass is 9.66. The molecule has 0 aromatic heterocycles. The molecule has 0 saturated heterocycles. The Balaban J connectivity index is 2.32. The summed E-state index contributed by atoms with van der Waals surface area (Å²) < 4.78 is 21.3. The summed E-state index contributed by atoms with van der Waals surface area (Å²) in [4.78, 5) is 0. The second kappa shape index (κ2) is 8.89. The fourth-order valence-electron chi connectivity index (χ4n) is 4.44. The van der Waals surface area contributed by atoms with Gasteiger partial charge in [-0.25, -0.2) is 0 Å². The third-order valence-electron chi connectivity index (χ3n) is 5.90. The number of methoxy groups -OCH3 is 4. The summed E-state index contributed by atoms with van der Waals surface area (Å²) in [6, 6.07) is 5.07. The molecule has 1 aliphatic rings. The van der Waals surface area contributed by atoms with Gasteiger partial charge in [-0.2, -0.15) is 0 Å². The topological polar surface area (TPSA) is 118 Å². The van der Waals surface area contributed by atoms with E-state index in [-0.39, 0.29) is 47.9 Å². The molecule has 0 unspecified atom stereocenters. The van der Waals surface area contributed by atoms with Crippen LogP contribution in [0.3, 0.4) is 0 Å². The van der Waals surface area contributed by atoms with Gasteiger partial charge < -0.3 is 39.4 Å². The zero-order valence-electron chi connectivity index (χ0n) is 17.5. The van der Waals surface area contributed by atoms with Crippen LogP contribution in [0.5, 0.6) is 34.5 Å². The first-order chi connectivity index (χ1) is 14.4. The predicted molar refractivity (Wildman–Crippen MR) is 109 cm³/mol. The Morgan fingerprint density at radius 2 is 1.40 bits per heavy atom. The first-order valence-corrected chi connectivity index (χ1v) is 9.58. The number of aliphatic hydroxyl groups excluding tert-OH is 2. The third kappa shape index (κ3) is 3.46. The first-order valence-electron chi connectivity index (χ1n) is 9.58. The summed E-state index contributed by atoms with van der Waals surface area (Å²) in [5, 5.41) is 41.6. The fraction of sp³-hybridized carbons (Fsp3) is 0.455. The van der Waals surface area contributed by atoms with E-state index in [1.807, 2.05) is 0 Å². The number of fused-ring (bicyclic) bond motifs is 1. The Kier molecular flexibility index (Phi) is 6.48. The Labute approximate surface area is 175 Å². The maximum atomic E-state index is 11.1. The highest BCUT2D eigenvalue weighted by Gasteiger charge is 2.41. The van der Waals surface area contributed by atoms with Crippen LogP contribution in [-0.4, -0.2) is 62.1 Å². The summed E-state index contributed by atoms with van der Waals surface area (Å²) in [6.07, 6.45) is 0.452. The molecule has 0 fully saturated rings.